The van der Waals surface area contributed by atoms with Gasteiger partial charge in [0.25, 0.3) is 5.91 Å². The lowest BCUT2D eigenvalue weighted by Crippen LogP contribution is -2.28. The van der Waals surface area contributed by atoms with Crippen LogP contribution in [0.3, 0.4) is 0 Å². The summed E-state index contributed by atoms with van der Waals surface area (Å²) in [5.74, 6) is 1.27. The Labute approximate surface area is 153 Å². The topological polar surface area (TPSA) is 80.4 Å². The molecular weight excluding hydrogens is 388 g/mol. The highest BCUT2D eigenvalue weighted by molar-refractivity contribution is 9.10. The number of halogens is 1. The van der Waals surface area contributed by atoms with Gasteiger partial charge in [-0.15, -0.1) is 0 Å². The van der Waals surface area contributed by atoms with E-state index in [1.165, 1.54) is 0 Å². The zero-order valence-electron chi connectivity index (χ0n) is 13.1. The molecule has 7 heteroatoms. The van der Waals surface area contributed by atoms with Gasteiger partial charge in [0, 0.05) is 22.0 Å². The lowest BCUT2D eigenvalue weighted by Gasteiger charge is -2.29. The quantitative estimate of drug-likeness (QED) is 0.815. The monoisotopic (exact) mass is 404 g/mol. The summed E-state index contributed by atoms with van der Waals surface area (Å²) in [6, 6.07) is 11.1. The molecule has 1 aromatic carbocycles. The van der Waals surface area contributed by atoms with Gasteiger partial charge in [-0.05, 0) is 59.1 Å². The van der Waals surface area contributed by atoms with E-state index >= 15 is 0 Å². The molecule has 0 radical (unpaired) electrons. The minimum absolute atomic E-state index is 0.191. The van der Waals surface area contributed by atoms with Crippen LogP contribution in [0.15, 0.2) is 52.1 Å². The van der Waals surface area contributed by atoms with Crippen molar-refractivity contribution in [2.45, 2.75) is 18.9 Å². The fourth-order valence-electron chi connectivity index (χ4n) is 2.51. The van der Waals surface area contributed by atoms with E-state index in [0.717, 1.165) is 22.2 Å². The zero-order chi connectivity index (χ0) is 17.2. The fraction of sp³-hybridized carbons (Fsp3) is 0.235. The number of nitrogens with zero attached hydrogens (tertiary/aromatic N) is 2. The van der Waals surface area contributed by atoms with Gasteiger partial charge in [-0.25, -0.2) is 4.98 Å². The van der Waals surface area contributed by atoms with Crippen molar-refractivity contribution >= 4 is 44.6 Å². The first kappa shape index (κ1) is 17.0. The van der Waals surface area contributed by atoms with Gasteiger partial charge in [-0.3, -0.25) is 9.79 Å². The van der Waals surface area contributed by atoms with Gasteiger partial charge in [0.05, 0.1) is 5.54 Å². The summed E-state index contributed by atoms with van der Waals surface area (Å²) in [6.45, 7) is 2.07. The summed E-state index contributed by atoms with van der Waals surface area (Å²) < 4.78 is 0.864. The molecule has 3 rings (SSSR count). The summed E-state index contributed by atoms with van der Waals surface area (Å²) in [5.41, 5.74) is 7.18. The number of hydrogen-bond donors (Lipinski definition) is 2. The number of carbonyl (C=O) groups is 1. The third-order valence-corrected chi connectivity index (χ3v) is 5.20. The van der Waals surface area contributed by atoms with Crippen molar-refractivity contribution in [2.24, 2.45) is 10.7 Å². The maximum atomic E-state index is 12.3. The van der Waals surface area contributed by atoms with Gasteiger partial charge >= 0.3 is 0 Å². The predicted octanol–water partition coefficient (Wildman–Crippen LogP) is 3.76. The number of rotatable bonds is 3. The first-order valence-electron chi connectivity index (χ1n) is 7.48. The number of anilines is 1. The van der Waals surface area contributed by atoms with Crippen LogP contribution in [0, 0.1) is 0 Å². The molecule has 1 aliphatic heterocycles. The lowest BCUT2D eigenvalue weighted by molar-refractivity contribution is 0.102. The molecule has 24 heavy (non-hydrogen) atoms. The molecule has 0 saturated carbocycles. The van der Waals surface area contributed by atoms with Crippen LogP contribution in [-0.4, -0.2) is 21.8 Å². The van der Waals surface area contributed by atoms with Crippen molar-refractivity contribution in [3.63, 3.8) is 0 Å². The maximum absolute atomic E-state index is 12.3. The van der Waals surface area contributed by atoms with Crippen molar-refractivity contribution in [3.05, 3.63) is 58.2 Å². The molecule has 2 heterocycles. The van der Waals surface area contributed by atoms with E-state index in [4.69, 9.17) is 5.73 Å². The molecule has 0 bridgehead atoms. The molecule has 5 nitrogen and oxygen atoms in total. The Bertz CT molecular complexity index is 776. The molecule has 0 saturated heterocycles. The second kappa shape index (κ2) is 6.94. The number of pyridine rings is 1. The van der Waals surface area contributed by atoms with Crippen LogP contribution in [0.1, 0.15) is 29.3 Å². The molecule has 124 valence electrons. The number of amidine groups is 1. The molecule has 1 unspecified atom stereocenters. The Morgan fingerprint density at radius 3 is 2.67 bits per heavy atom. The van der Waals surface area contributed by atoms with E-state index in [-0.39, 0.29) is 11.4 Å². The summed E-state index contributed by atoms with van der Waals surface area (Å²) in [4.78, 5) is 21.0. The number of aliphatic imine (C=N–C) groups is 1. The van der Waals surface area contributed by atoms with Gasteiger partial charge in [-0.2, -0.15) is 0 Å². The van der Waals surface area contributed by atoms with Gasteiger partial charge in [-0.1, -0.05) is 23.9 Å². The Morgan fingerprint density at radius 1 is 1.29 bits per heavy atom. The summed E-state index contributed by atoms with van der Waals surface area (Å²) in [7, 11) is 0. The van der Waals surface area contributed by atoms with E-state index < -0.39 is 0 Å². The van der Waals surface area contributed by atoms with Crippen LogP contribution in [0.4, 0.5) is 5.82 Å². The van der Waals surface area contributed by atoms with Crippen LogP contribution in [0.5, 0.6) is 0 Å². The van der Waals surface area contributed by atoms with E-state index in [2.05, 4.69) is 38.1 Å². The number of carbonyl (C=O) groups excluding carboxylic acids is 1. The summed E-state index contributed by atoms with van der Waals surface area (Å²) >= 11 is 4.89. The smallest absolute Gasteiger partial charge is 0.256 e. The molecule has 1 amide bonds. The third-order valence-electron chi connectivity index (χ3n) is 3.93. The molecule has 0 fully saturated rings. The number of amides is 1. The number of nitrogens with two attached hydrogens (primary N) is 1. The van der Waals surface area contributed by atoms with E-state index in [1.807, 2.05) is 30.3 Å². The van der Waals surface area contributed by atoms with E-state index in [9.17, 15) is 4.79 Å². The summed E-state index contributed by atoms with van der Waals surface area (Å²) in [5, 5.41) is 3.40. The highest BCUT2D eigenvalue weighted by atomic mass is 79.9. The van der Waals surface area contributed by atoms with Crippen LogP contribution in [-0.2, 0) is 5.54 Å². The minimum atomic E-state index is -0.322. The van der Waals surface area contributed by atoms with Crippen LogP contribution < -0.4 is 11.1 Å². The molecule has 3 N–H and O–H groups in total. The molecule has 0 aliphatic carbocycles. The maximum Gasteiger partial charge on any atom is 0.256 e. The largest absolute Gasteiger partial charge is 0.379 e. The van der Waals surface area contributed by atoms with Gasteiger partial charge in [0.1, 0.15) is 5.82 Å². The SMILES string of the molecule is CC1(c2ccc(C(=O)Nc3ccc(Br)cn3)cc2)CCSC(N)=N1. The standard InChI is InChI=1S/C17H17BrN4OS/c1-17(8-9-24-16(19)22-17)12-4-2-11(3-5-12)15(23)21-14-7-6-13(18)10-20-14/h2-7,10H,8-9H2,1H3,(H2,19,22)(H,20,21,23). The second-order valence-electron chi connectivity index (χ2n) is 5.72. The Balaban J connectivity index is 1.75. The van der Waals surface area contributed by atoms with Crippen LogP contribution in [0.25, 0.3) is 0 Å². The van der Waals surface area contributed by atoms with Gasteiger partial charge in [0.2, 0.25) is 0 Å². The number of aromatic nitrogens is 1. The van der Waals surface area contributed by atoms with Crippen LogP contribution in [0.2, 0.25) is 0 Å². The average molecular weight is 405 g/mol. The molecule has 1 aromatic heterocycles. The molecular formula is C17H17BrN4OS. The Hall–Kier alpha value is -1.86. The highest BCUT2D eigenvalue weighted by Crippen LogP contribution is 2.34. The number of benzene rings is 1. The Morgan fingerprint density at radius 2 is 2.04 bits per heavy atom. The number of thioether (sulfide) groups is 1. The molecule has 1 atom stereocenters. The first-order chi connectivity index (χ1) is 11.5. The average Bonchev–Trinajstić information content (AvgIpc) is 2.57. The van der Waals surface area contributed by atoms with E-state index in [0.29, 0.717) is 16.5 Å². The number of hydrogen-bond acceptors (Lipinski definition) is 5. The molecule has 1 aliphatic rings. The fourth-order valence-corrected chi connectivity index (χ4v) is 3.72. The molecule has 0 spiro atoms. The number of nitrogens with one attached hydrogen (secondary N) is 1. The third kappa shape index (κ3) is 3.79. The van der Waals surface area contributed by atoms with Gasteiger partial charge in [0.15, 0.2) is 5.17 Å². The predicted molar refractivity (Wildman–Crippen MR) is 102 cm³/mol. The van der Waals surface area contributed by atoms with Crippen molar-refractivity contribution in [2.75, 3.05) is 11.1 Å². The highest BCUT2D eigenvalue weighted by Gasteiger charge is 2.29. The first-order valence-corrected chi connectivity index (χ1v) is 9.26. The van der Waals surface area contributed by atoms with Crippen molar-refractivity contribution in [1.29, 1.82) is 0 Å². The Kier molecular flexibility index (Phi) is 4.91. The van der Waals surface area contributed by atoms with Crippen molar-refractivity contribution < 1.29 is 4.79 Å². The van der Waals surface area contributed by atoms with Crippen LogP contribution >= 0.6 is 27.7 Å². The zero-order valence-corrected chi connectivity index (χ0v) is 15.5. The van der Waals surface area contributed by atoms with Crippen molar-refractivity contribution in [1.82, 2.24) is 4.98 Å². The summed E-state index contributed by atoms with van der Waals surface area (Å²) in [6.07, 6.45) is 2.57. The van der Waals surface area contributed by atoms with E-state index in [1.54, 1.807) is 24.0 Å². The second-order valence-corrected chi connectivity index (χ2v) is 7.75. The van der Waals surface area contributed by atoms with Gasteiger partial charge < -0.3 is 11.1 Å². The lowest BCUT2D eigenvalue weighted by atomic mass is 9.89. The normalized spacial score (nSPS) is 20.3. The van der Waals surface area contributed by atoms with Crippen molar-refractivity contribution in [3.8, 4) is 0 Å². The minimum Gasteiger partial charge on any atom is -0.379 e. The molecule has 2 aromatic rings.